The third-order valence-corrected chi connectivity index (χ3v) is 3.49. The van der Waals surface area contributed by atoms with Gasteiger partial charge in [-0.2, -0.15) is 0 Å². The first kappa shape index (κ1) is 17.9. The van der Waals surface area contributed by atoms with Gasteiger partial charge in [0.15, 0.2) is 6.10 Å². The Labute approximate surface area is 134 Å². The van der Waals surface area contributed by atoms with Crippen LogP contribution in [-0.4, -0.2) is 39.3 Å². The lowest BCUT2D eigenvalue weighted by Crippen LogP contribution is -2.37. The molecule has 0 heterocycles. The molecule has 0 saturated carbocycles. The van der Waals surface area contributed by atoms with Gasteiger partial charge in [0.1, 0.15) is 5.75 Å². The molecule has 0 aromatic heterocycles. The van der Waals surface area contributed by atoms with Gasteiger partial charge in [-0.15, -0.1) is 0 Å². The Morgan fingerprint density at radius 1 is 1.43 bits per heavy atom. The quantitative estimate of drug-likeness (QED) is 0.663. The molecule has 118 valence electrons. The average Bonchev–Trinajstić information content (AvgIpc) is 2.46. The molecular weight excluding hydrogens is 336 g/mol. The van der Waals surface area contributed by atoms with Crippen molar-refractivity contribution in [3.05, 3.63) is 28.2 Å². The monoisotopic (exact) mass is 358 g/mol. The zero-order valence-electron chi connectivity index (χ0n) is 12.7. The summed E-state index contributed by atoms with van der Waals surface area (Å²) in [4.78, 5) is 11.9. The summed E-state index contributed by atoms with van der Waals surface area (Å²) in [6.07, 6.45) is 0.246. The van der Waals surface area contributed by atoms with Crippen LogP contribution in [0.1, 0.15) is 18.9 Å². The molecule has 1 atom stereocenters. The summed E-state index contributed by atoms with van der Waals surface area (Å²) in [6, 6.07) is 5.82. The molecule has 2 N–H and O–H groups in total. The first-order chi connectivity index (χ1) is 10.1. The van der Waals surface area contributed by atoms with Crippen LogP contribution in [-0.2, 0) is 16.1 Å². The SMILES string of the molecule is CNCc1ccc(OC(C)C(=O)NCCCOC)c(Br)c1. The van der Waals surface area contributed by atoms with E-state index in [2.05, 4.69) is 26.6 Å². The minimum absolute atomic E-state index is 0.127. The third kappa shape index (κ3) is 6.46. The fraction of sp³-hybridized carbons (Fsp3) is 0.533. The number of amides is 1. The lowest BCUT2D eigenvalue weighted by Gasteiger charge is -2.16. The molecule has 1 unspecified atom stereocenters. The number of carbonyl (C=O) groups excluding carboxylic acids is 1. The van der Waals surface area contributed by atoms with Crippen molar-refractivity contribution < 1.29 is 14.3 Å². The summed E-state index contributed by atoms with van der Waals surface area (Å²) in [5.41, 5.74) is 1.15. The number of halogens is 1. The number of rotatable bonds is 9. The lowest BCUT2D eigenvalue weighted by molar-refractivity contribution is -0.127. The maximum Gasteiger partial charge on any atom is 0.260 e. The predicted octanol–water partition coefficient (Wildman–Crippen LogP) is 2.09. The van der Waals surface area contributed by atoms with Gasteiger partial charge in [0.25, 0.3) is 5.91 Å². The van der Waals surface area contributed by atoms with Gasteiger partial charge >= 0.3 is 0 Å². The highest BCUT2D eigenvalue weighted by molar-refractivity contribution is 9.10. The van der Waals surface area contributed by atoms with Crippen molar-refractivity contribution in [2.75, 3.05) is 27.3 Å². The van der Waals surface area contributed by atoms with Crippen LogP contribution in [0.25, 0.3) is 0 Å². The van der Waals surface area contributed by atoms with E-state index in [4.69, 9.17) is 9.47 Å². The number of carbonyl (C=O) groups is 1. The minimum atomic E-state index is -0.543. The molecule has 21 heavy (non-hydrogen) atoms. The van der Waals surface area contributed by atoms with Crippen molar-refractivity contribution in [2.45, 2.75) is 26.0 Å². The van der Waals surface area contributed by atoms with Crippen LogP contribution in [0.3, 0.4) is 0 Å². The molecular formula is C15H23BrN2O3. The first-order valence-electron chi connectivity index (χ1n) is 6.94. The van der Waals surface area contributed by atoms with E-state index in [9.17, 15) is 4.79 Å². The number of hydrogen-bond acceptors (Lipinski definition) is 4. The van der Waals surface area contributed by atoms with Crippen molar-refractivity contribution >= 4 is 21.8 Å². The molecule has 0 spiro atoms. The summed E-state index contributed by atoms with van der Waals surface area (Å²) in [6.45, 7) is 3.74. The Balaban J connectivity index is 2.50. The second kappa shape index (κ2) is 9.76. The topological polar surface area (TPSA) is 59.6 Å². The number of ether oxygens (including phenoxy) is 2. The van der Waals surface area contributed by atoms with Gasteiger partial charge < -0.3 is 20.1 Å². The van der Waals surface area contributed by atoms with E-state index in [0.29, 0.717) is 18.9 Å². The number of benzene rings is 1. The third-order valence-electron chi connectivity index (χ3n) is 2.87. The van der Waals surface area contributed by atoms with Gasteiger partial charge in [-0.05, 0) is 54.0 Å². The summed E-state index contributed by atoms with van der Waals surface area (Å²) in [7, 11) is 3.54. The van der Waals surface area contributed by atoms with E-state index in [1.54, 1.807) is 14.0 Å². The molecule has 1 amide bonds. The summed E-state index contributed by atoms with van der Waals surface area (Å²) >= 11 is 3.47. The Kier molecular flexibility index (Phi) is 8.34. The molecule has 1 aromatic carbocycles. The largest absolute Gasteiger partial charge is 0.480 e. The summed E-state index contributed by atoms with van der Waals surface area (Å²) in [5, 5.41) is 5.91. The van der Waals surface area contributed by atoms with Crippen molar-refractivity contribution in [1.82, 2.24) is 10.6 Å². The van der Waals surface area contributed by atoms with Crippen LogP contribution in [0, 0.1) is 0 Å². The maximum atomic E-state index is 11.9. The zero-order chi connectivity index (χ0) is 15.7. The highest BCUT2D eigenvalue weighted by atomic mass is 79.9. The molecule has 1 aromatic rings. The fourth-order valence-electron chi connectivity index (χ4n) is 1.77. The molecule has 0 saturated heterocycles. The smallest absolute Gasteiger partial charge is 0.260 e. The van der Waals surface area contributed by atoms with Crippen molar-refractivity contribution in [2.24, 2.45) is 0 Å². The second-order valence-corrected chi connectivity index (χ2v) is 5.55. The van der Waals surface area contributed by atoms with E-state index in [1.807, 2.05) is 25.2 Å². The molecule has 0 fully saturated rings. The fourth-order valence-corrected chi connectivity index (χ4v) is 2.29. The number of nitrogens with one attached hydrogen (secondary N) is 2. The highest BCUT2D eigenvalue weighted by Crippen LogP contribution is 2.27. The molecule has 1 rings (SSSR count). The summed E-state index contributed by atoms with van der Waals surface area (Å²) < 4.78 is 11.5. The van der Waals surface area contributed by atoms with E-state index in [0.717, 1.165) is 23.0 Å². The maximum absolute atomic E-state index is 11.9. The van der Waals surface area contributed by atoms with Crippen LogP contribution >= 0.6 is 15.9 Å². The molecule has 5 nitrogen and oxygen atoms in total. The number of hydrogen-bond donors (Lipinski definition) is 2. The van der Waals surface area contributed by atoms with Gasteiger partial charge in [0.05, 0.1) is 4.47 Å². The standard InChI is InChI=1S/C15H23BrN2O3/c1-11(15(19)18-7-4-8-20-3)21-14-6-5-12(10-17-2)9-13(14)16/h5-6,9,11,17H,4,7-8,10H2,1-3H3,(H,18,19). The summed E-state index contributed by atoms with van der Waals surface area (Å²) in [5.74, 6) is 0.534. The minimum Gasteiger partial charge on any atom is -0.480 e. The van der Waals surface area contributed by atoms with Crippen LogP contribution < -0.4 is 15.4 Å². The predicted molar refractivity (Wildman–Crippen MR) is 86.5 cm³/mol. The van der Waals surface area contributed by atoms with E-state index in [-0.39, 0.29) is 5.91 Å². The van der Waals surface area contributed by atoms with Crippen LogP contribution in [0.4, 0.5) is 0 Å². The Morgan fingerprint density at radius 2 is 2.19 bits per heavy atom. The normalized spacial score (nSPS) is 12.0. The lowest BCUT2D eigenvalue weighted by atomic mass is 10.2. The van der Waals surface area contributed by atoms with Crippen LogP contribution in [0.15, 0.2) is 22.7 Å². The second-order valence-electron chi connectivity index (χ2n) is 4.69. The Hall–Kier alpha value is -1.11. The first-order valence-corrected chi connectivity index (χ1v) is 7.74. The van der Waals surface area contributed by atoms with Gasteiger partial charge in [0.2, 0.25) is 0 Å². The van der Waals surface area contributed by atoms with Crippen molar-refractivity contribution in [1.29, 1.82) is 0 Å². The molecule has 0 bridgehead atoms. The van der Waals surface area contributed by atoms with Crippen molar-refractivity contribution in [3.8, 4) is 5.75 Å². The number of methoxy groups -OCH3 is 1. The van der Waals surface area contributed by atoms with Gasteiger partial charge in [0, 0.05) is 26.8 Å². The van der Waals surface area contributed by atoms with Crippen LogP contribution in [0.2, 0.25) is 0 Å². The van der Waals surface area contributed by atoms with Crippen molar-refractivity contribution in [3.63, 3.8) is 0 Å². The molecule has 0 aliphatic rings. The zero-order valence-corrected chi connectivity index (χ0v) is 14.3. The molecule has 0 radical (unpaired) electrons. The highest BCUT2D eigenvalue weighted by Gasteiger charge is 2.15. The average molecular weight is 359 g/mol. The van der Waals surface area contributed by atoms with Gasteiger partial charge in [-0.3, -0.25) is 4.79 Å². The van der Waals surface area contributed by atoms with Gasteiger partial charge in [-0.25, -0.2) is 0 Å². The molecule has 0 aliphatic carbocycles. The van der Waals surface area contributed by atoms with E-state index >= 15 is 0 Å². The van der Waals surface area contributed by atoms with E-state index in [1.165, 1.54) is 0 Å². The molecule has 6 heteroatoms. The van der Waals surface area contributed by atoms with E-state index < -0.39 is 6.10 Å². The molecule has 0 aliphatic heterocycles. The Bertz CT molecular complexity index is 455. The van der Waals surface area contributed by atoms with Crippen LogP contribution in [0.5, 0.6) is 5.75 Å². The Morgan fingerprint density at radius 3 is 2.81 bits per heavy atom. The van der Waals surface area contributed by atoms with Gasteiger partial charge in [-0.1, -0.05) is 6.07 Å².